The van der Waals surface area contributed by atoms with Gasteiger partial charge in [0.2, 0.25) is 5.91 Å². The molecule has 0 saturated heterocycles. The van der Waals surface area contributed by atoms with E-state index in [-0.39, 0.29) is 12.5 Å². The van der Waals surface area contributed by atoms with E-state index in [0.717, 1.165) is 0 Å². The molecule has 0 spiro atoms. The molecule has 1 aromatic rings. The minimum absolute atomic E-state index is 0.239. The quantitative estimate of drug-likeness (QED) is 0.848. The van der Waals surface area contributed by atoms with Crippen LogP contribution in [-0.4, -0.2) is 41.5 Å². The Morgan fingerprint density at radius 2 is 2.11 bits per heavy atom. The molecule has 0 radical (unpaired) electrons. The molecule has 0 heterocycles. The van der Waals surface area contributed by atoms with Gasteiger partial charge in [0.05, 0.1) is 12.6 Å². The lowest BCUT2D eigenvalue weighted by Crippen LogP contribution is -2.42. The average molecular weight is 268 g/mol. The van der Waals surface area contributed by atoms with Gasteiger partial charge in [0, 0.05) is 5.69 Å². The van der Waals surface area contributed by atoms with E-state index < -0.39 is 17.8 Å². The largest absolute Gasteiger partial charge is 0.480 e. The molecule has 1 rings (SSSR count). The third-order valence-corrected chi connectivity index (χ3v) is 2.86. The topological polar surface area (TPSA) is 69.6 Å². The number of nitrogens with zero attached hydrogens (tertiary/aromatic N) is 1. The van der Waals surface area contributed by atoms with Crippen molar-refractivity contribution in [2.24, 2.45) is 0 Å². The molecule has 0 aliphatic rings. The number of hydrogen-bond donors (Lipinski definition) is 2. The van der Waals surface area contributed by atoms with E-state index in [1.807, 2.05) is 0 Å². The van der Waals surface area contributed by atoms with E-state index >= 15 is 0 Å². The molecule has 0 aromatic heterocycles. The van der Waals surface area contributed by atoms with Gasteiger partial charge in [-0.15, -0.1) is 0 Å². The number of nitrogens with one attached hydrogen (secondary N) is 1. The molecule has 0 aliphatic carbocycles. The monoisotopic (exact) mass is 268 g/mol. The smallest absolute Gasteiger partial charge is 0.317 e. The van der Waals surface area contributed by atoms with Crippen LogP contribution in [0.15, 0.2) is 18.2 Å². The zero-order chi connectivity index (χ0) is 14.6. The van der Waals surface area contributed by atoms with Gasteiger partial charge in [0.15, 0.2) is 0 Å². The Hall–Kier alpha value is -1.95. The van der Waals surface area contributed by atoms with Crippen LogP contribution >= 0.6 is 0 Å². The zero-order valence-corrected chi connectivity index (χ0v) is 11.1. The summed E-state index contributed by atoms with van der Waals surface area (Å²) in [7, 11) is 1.54. The number of carboxylic acid groups (broad SMARTS) is 1. The van der Waals surface area contributed by atoms with Crippen molar-refractivity contribution in [3.63, 3.8) is 0 Å². The number of amides is 1. The highest BCUT2D eigenvalue weighted by Gasteiger charge is 2.20. The summed E-state index contributed by atoms with van der Waals surface area (Å²) in [6.07, 6.45) is 0. The summed E-state index contributed by atoms with van der Waals surface area (Å²) >= 11 is 0. The summed E-state index contributed by atoms with van der Waals surface area (Å²) < 4.78 is 13.3. The van der Waals surface area contributed by atoms with E-state index in [0.29, 0.717) is 11.3 Å². The Bertz CT molecular complexity index is 491. The van der Waals surface area contributed by atoms with Crippen molar-refractivity contribution >= 4 is 17.6 Å². The van der Waals surface area contributed by atoms with E-state index in [1.54, 1.807) is 26.0 Å². The molecule has 6 heteroatoms. The number of aryl methyl sites for hydroxylation is 1. The molecule has 2 N–H and O–H groups in total. The first kappa shape index (κ1) is 15.1. The average Bonchev–Trinajstić information content (AvgIpc) is 2.32. The van der Waals surface area contributed by atoms with Crippen molar-refractivity contribution in [2.75, 3.05) is 18.9 Å². The van der Waals surface area contributed by atoms with Crippen molar-refractivity contribution in [3.8, 4) is 0 Å². The van der Waals surface area contributed by atoms with Crippen LogP contribution in [0.5, 0.6) is 0 Å². The summed E-state index contributed by atoms with van der Waals surface area (Å²) in [6.45, 7) is 2.98. The third kappa shape index (κ3) is 4.33. The van der Waals surface area contributed by atoms with Crippen molar-refractivity contribution in [2.45, 2.75) is 19.9 Å². The van der Waals surface area contributed by atoms with Crippen LogP contribution in [0.25, 0.3) is 0 Å². The molecule has 1 aromatic carbocycles. The Morgan fingerprint density at radius 1 is 1.47 bits per heavy atom. The van der Waals surface area contributed by atoms with Crippen LogP contribution in [0, 0.1) is 12.7 Å². The van der Waals surface area contributed by atoms with Crippen molar-refractivity contribution < 1.29 is 19.1 Å². The number of anilines is 1. The first-order valence-electron chi connectivity index (χ1n) is 5.80. The molecule has 0 aliphatic heterocycles. The number of halogens is 1. The first-order chi connectivity index (χ1) is 8.81. The molecule has 0 saturated carbocycles. The summed E-state index contributed by atoms with van der Waals surface area (Å²) in [5, 5.41) is 11.2. The minimum atomic E-state index is -1.01. The standard InChI is InChI=1S/C13H17FN2O3/c1-8-4-5-10(6-11(8)14)15-13(19)9(2)16(3)7-12(17)18/h4-6,9H,7H2,1-3H3,(H,15,19)(H,17,18). The van der Waals surface area contributed by atoms with Crippen molar-refractivity contribution in [1.29, 1.82) is 0 Å². The highest BCUT2D eigenvalue weighted by atomic mass is 19.1. The van der Waals surface area contributed by atoms with Gasteiger partial charge < -0.3 is 10.4 Å². The highest BCUT2D eigenvalue weighted by Crippen LogP contribution is 2.14. The molecular weight excluding hydrogens is 251 g/mol. The van der Waals surface area contributed by atoms with Gasteiger partial charge in [-0.1, -0.05) is 6.07 Å². The van der Waals surface area contributed by atoms with Gasteiger partial charge in [-0.05, 0) is 38.6 Å². The number of carbonyl (C=O) groups excluding carboxylic acids is 1. The predicted octanol–water partition coefficient (Wildman–Crippen LogP) is 1.48. The Balaban J connectivity index is 2.68. The van der Waals surface area contributed by atoms with Crippen LogP contribution in [0.1, 0.15) is 12.5 Å². The lowest BCUT2D eigenvalue weighted by atomic mass is 10.2. The van der Waals surface area contributed by atoms with E-state index in [9.17, 15) is 14.0 Å². The highest BCUT2D eigenvalue weighted by molar-refractivity contribution is 5.94. The second kappa shape index (κ2) is 6.29. The number of rotatable bonds is 5. The molecular formula is C13H17FN2O3. The maximum Gasteiger partial charge on any atom is 0.317 e. The number of likely N-dealkylation sites (N-methyl/N-ethyl adjacent to an activating group) is 1. The summed E-state index contributed by atoms with van der Waals surface area (Å²) in [5.41, 5.74) is 0.845. The summed E-state index contributed by atoms with van der Waals surface area (Å²) in [5.74, 6) is -1.79. The van der Waals surface area contributed by atoms with Crippen LogP contribution in [0.2, 0.25) is 0 Å². The number of carboxylic acids is 1. The molecule has 1 unspecified atom stereocenters. The van der Waals surface area contributed by atoms with E-state index in [4.69, 9.17) is 5.11 Å². The molecule has 19 heavy (non-hydrogen) atoms. The molecule has 104 valence electrons. The molecule has 0 fully saturated rings. The lowest BCUT2D eigenvalue weighted by Gasteiger charge is -2.21. The fourth-order valence-corrected chi connectivity index (χ4v) is 1.47. The summed E-state index contributed by atoms with van der Waals surface area (Å²) in [6, 6.07) is 3.77. The first-order valence-corrected chi connectivity index (χ1v) is 5.80. The number of carbonyl (C=O) groups is 2. The summed E-state index contributed by atoms with van der Waals surface area (Å²) in [4.78, 5) is 23.8. The van der Waals surface area contributed by atoms with Gasteiger partial charge >= 0.3 is 5.97 Å². The van der Waals surface area contributed by atoms with Crippen molar-refractivity contribution in [3.05, 3.63) is 29.6 Å². The SMILES string of the molecule is Cc1ccc(NC(=O)C(C)N(C)CC(=O)O)cc1F. The van der Waals surface area contributed by atoms with Crippen LogP contribution in [0.3, 0.4) is 0 Å². The molecule has 5 nitrogen and oxygen atoms in total. The Kier molecular flexibility index (Phi) is 5.00. The third-order valence-electron chi connectivity index (χ3n) is 2.86. The van der Waals surface area contributed by atoms with Crippen LogP contribution < -0.4 is 5.32 Å². The van der Waals surface area contributed by atoms with Gasteiger partial charge in [0.1, 0.15) is 5.82 Å². The second-order valence-corrected chi connectivity index (χ2v) is 4.44. The van der Waals surface area contributed by atoms with Gasteiger partial charge in [-0.2, -0.15) is 0 Å². The van der Waals surface area contributed by atoms with Crippen LogP contribution in [0.4, 0.5) is 10.1 Å². The fourth-order valence-electron chi connectivity index (χ4n) is 1.47. The van der Waals surface area contributed by atoms with Gasteiger partial charge in [-0.3, -0.25) is 14.5 Å². The number of hydrogen-bond acceptors (Lipinski definition) is 3. The lowest BCUT2D eigenvalue weighted by molar-refractivity contribution is -0.138. The molecule has 1 atom stereocenters. The maximum atomic E-state index is 13.3. The second-order valence-electron chi connectivity index (χ2n) is 4.44. The van der Waals surface area contributed by atoms with E-state index in [1.165, 1.54) is 18.0 Å². The fraction of sp³-hybridized carbons (Fsp3) is 0.385. The Labute approximate surface area is 111 Å². The number of aliphatic carboxylic acids is 1. The van der Waals surface area contributed by atoms with Gasteiger partial charge in [-0.25, -0.2) is 4.39 Å². The van der Waals surface area contributed by atoms with Gasteiger partial charge in [0.25, 0.3) is 0 Å². The maximum absolute atomic E-state index is 13.3. The molecule has 0 bridgehead atoms. The van der Waals surface area contributed by atoms with Crippen molar-refractivity contribution in [1.82, 2.24) is 4.90 Å². The minimum Gasteiger partial charge on any atom is -0.480 e. The number of benzene rings is 1. The Morgan fingerprint density at radius 3 is 2.63 bits per heavy atom. The normalized spacial score (nSPS) is 12.3. The van der Waals surface area contributed by atoms with E-state index in [2.05, 4.69) is 5.32 Å². The predicted molar refractivity (Wildman–Crippen MR) is 69.5 cm³/mol. The molecule has 1 amide bonds. The van der Waals surface area contributed by atoms with Crippen LogP contribution in [-0.2, 0) is 9.59 Å². The zero-order valence-electron chi connectivity index (χ0n) is 11.1.